The summed E-state index contributed by atoms with van der Waals surface area (Å²) in [5, 5.41) is 5.12. The van der Waals surface area contributed by atoms with Gasteiger partial charge in [-0.2, -0.15) is 0 Å². The molecule has 1 heterocycles. The number of hydrogen-bond donors (Lipinski definition) is 0. The van der Waals surface area contributed by atoms with Crippen LogP contribution in [0.15, 0.2) is 212 Å². The molecule has 0 saturated heterocycles. The standard InChI is InChI=1S/C52H35NS/c1-2-12-36(13-3-1)37-24-26-38(27-25-37)39-28-31-43(32-29-39)53(50-22-8-6-19-47(50)46-21-11-15-40-14-4-5-18-45(40)46)44-17-10-16-41(34-44)42-30-33-49-48-20-7-9-23-51(48)54-52(49)35-42/h1-35H. The summed E-state index contributed by atoms with van der Waals surface area (Å²) < 4.78 is 2.63. The van der Waals surface area contributed by atoms with Gasteiger partial charge in [-0.3, -0.25) is 0 Å². The molecule has 0 saturated carbocycles. The number of rotatable bonds is 7. The predicted octanol–water partition coefficient (Wildman–Crippen LogP) is 15.3. The number of nitrogens with zero attached hydrogens (tertiary/aromatic N) is 1. The van der Waals surface area contributed by atoms with Crippen molar-refractivity contribution >= 4 is 59.3 Å². The minimum absolute atomic E-state index is 1.10. The van der Waals surface area contributed by atoms with E-state index in [0.717, 1.165) is 17.1 Å². The van der Waals surface area contributed by atoms with Gasteiger partial charge in [-0.15, -0.1) is 11.3 Å². The monoisotopic (exact) mass is 705 g/mol. The van der Waals surface area contributed by atoms with Crippen molar-refractivity contribution in [2.45, 2.75) is 0 Å². The van der Waals surface area contributed by atoms with Crippen molar-refractivity contribution in [2.75, 3.05) is 4.90 Å². The maximum absolute atomic E-state index is 2.42. The molecule has 0 unspecified atom stereocenters. The van der Waals surface area contributed by atoms with Gasteiger partial charge < -0.3 is 4.90 Å². The molecule has 0 amide bonds. The van der Waals surface area contributed by atoms with Crippen LogP contribution in [0.4, 0.5) is 17.1 Å². The van der Waals surface area contributed by atoms with E-state index >= 15 is 0 Å². The van der Waals surface area contributed by atoms with Crippen molar-refractivity contribution in [3.05, 3.63) is 212 Å². The van der Waals surface area contributed by atoms with Crippen molar-refractivity contribution in [1.82, 2.24) is 0 Å². The Hall–Kier alpha value is -6.74. The van der Waals surface area contributed by atoms with E-state index in [0.29, 0.717) is 0 Å². The predicted molar refractivity (Wildman–Crippen MR) is 233 cm³/mol. The summed E-state index contributed by atoms with van der Waals surface area (Å²) in [5.74, 6) is 0. The molecule has 0 bridgehead atoms. The molecule has 0 fully saturated rings. The van der Waals surface area contributed by atoms with Gasteiger partial charge in [-0.05, 0) is 92.2 Å². The number of fused-ring (bicyclic) bond motifs is 4. The Bertz CT molecular complexity index is 2920. The smallest absolute Gasteiger partial charge is 0.0540 e. The molecule has 254 valence electrons. The number of hydrogen-bond acceptors (Lipinski definition) is 2. The maximum Gasteiger partial charge on any atom is 0.0540 e. The van der Waals surface area contributed by atoms with Gasteiger partial charge in [-0.1, -0.05) is 170 Å². The van der Waals surface area contributed by atoms with Crippen LogP contribution in [0.5, 0.6) is 0 Å². The number of thiophene rings is 1. The van der Waals surface area contributed by atoms with Gasteiger partial charge in [0.25, 0.3) is 0 Å². The highest BCUT2D eigenvalue weighted by atomic mass is 32.1. The van der Waals surface area contributed by atoms with Crippen LogP contribution in [0.3, 0.4) is 0 Å². The largest absolute Gasteiger partial charge is 0.310 e. The summed E-state index contributed by atoms with van der Waals surface area (Å²) in [6.45, 7) is 0. The molecule has 1 nitrogen and oxygen atoms in total. The lowest BCUT2D eigenvalue weighted by Crippen LogP contribution is -2.11. The van der Waals surface area contributed by atoms with E-state index in [1.165, 1.54) is 75.5 Å². The van der Waals surface area contributed by atoms with Crippen LogP contribution in [0.25, 0.3) is 75.5 Å². The molecule has 0 aliphatic heterocycles. The Morgan fingerprint density at radius 3 is 1.65 bits per heavy atom. The molecule has 10 rings (SSSR count). The Morgan fingerprint density at radius 1 is 0.296 bits per heavy atom. The molecule has 0 N–H and O–H groups in total. The van der Waals surface area contributed by atoms with Crippen LogP contribution < -0.4 is 4.90 Å². The second-order valence-corrected chi connectivity index (χ2v) is 14.8. The maximum atomic E-state index is 2.42. The number of anilines is 3. The van der Waals surface area contributed by atoms with Gasteiger partial charge in [0, 0.05) is 37.1 Å². The minimum Gasteiger partial charge on any atom is -0.310 e. The highest BCUT2D eigenvalue weighted by Gasteiger charge is 2.19. The third-order valence-electron chi connectivity index (χ3n) is 10.5. The van der Waals surface area contributed by atoms with Crippen molar-refractivity contribution in [3.63, 3.8) is 0 Å². The van der Waals surface area contributed by atoms with E-state index in [1.54, 1.807) is 0 Å². The van der Waals surface area contributed by atoms with E-state index in [-0.39, 0.29) is 0 Å². The van der Waals surface area contributed by atoms with Crippen LogP contribution in [-0.4, -0.2) is 0 Å². The molecule has 0 spiro atoms. The third kappa shape index (κ3) is 5.84. The van der Waals surface area contributed by atoms with E-state index in [2.05, 4.69) is 217 Å². The first-order valence-electron chi connectivity index (χ1n) is 18.4. The zero-order valence-corrected chi connectivity index (χ0v) is 30.4. The van der Waals surface area contributed by atoms with Crippen LogP contribution >= 0.6 is 11.3 Å². The van der Waals surface area contributed by atoms with Gasteiger partial charge in [0.05, 0.1) is 5.69 Å². The Labute approximate surface area is 319 Å². The fraction of sp³-hybridized carbons (Fsp3) is 0. The molecular formula is C52H35NS. The van der Waals surface area contributed by atoms with E-state index < -0.39 is 0 Å². The van der Waals surface area contributed by atoms with E-state index in [1.807, 2.05) is 11.3 Å². The summed E-state index contributed by atoms with van der Waals surface area (Å²) in [6, 6.07) is 77.2. The van der Waals surface area contributed by atoms with E-state index in [4.69, 9.17) is 0 Å². The van der Waals surface area contributed by atoms with Crippen molar-refractivity contribution in [3.8, 4) is 44.5 Å². The normalized spacial score (nSPS) is 11.3. The molecule has 0 aliphatic carbocycles. The second kappa shape index (κ2) is 13.7. The lowest BCUT2D eigenvalue weighted by Gasteiger charge is -2.29. The molecule has 0 radical (unpaired) electrons. The van der Waals surface area contributed by atoms with E-state index in [9.17, 15) is 0 Å². The van der Waals surface area contributed by atoms with Gasteiger partial charge >= 0.3 is 0 Å². The second-order valence-electron chi connectivity index (χ2n) is 13.7. The summed E-state index contributed by atoms with van der Waals surface area (Å²) in [5.41, 5.74) is 13.0. The fourth-order valence-corrected chi connectivity index (χ4v) is 8.95. The van der Waals surface area contributed by atoms with Gasteiger partial charge in [-0.25, -0.2) is 0 Å². The lowest BCUT2D eigenvalue weighted by molar-refractivity contribution is 1.28. The highest BCUT2D eigenvalue weighted by molar-refractivity contribution is 7.25. The number of benzene rings is 9. The molecule has 0 aliphatic rings. The Morgan fingerprint density at radius 2 is 0.833 bits per heavy atom. The first-order chi connectivity index (χ1) is 26.8. The quantitative estimate of drug-likeness (QED) is 0.160. The summed E-state index contributed by atoms with van der Waals surface area (Å²) in [4.78, 5) is 2.42. The minimum atomic E-state index is 1.10. The van der Waals surface area contributed by atoms with Gasteiger partial charge in [0.1, 0.15) is 0 Å². The molecular weight excluding hydrogens is 671 g/mol. The highest BCUT2D eigenvalue weighted by Crippen LogP contribution is 2.44. The van der Waals surface area contributed by atoms with Gasteiger partial charge in [0.2, 0.25) is 0 Å². The van der Waals surface area contributed by atoms with Crippen LogP contribution in [0, 0.1) is 0 Å². The zero-order chi connectivity index (χ0) is 35.8. The van der Waals surface area contributed by atoms with Crippen LogP contribution in [0.2, 0.25) is 0 Å². The molecule has 10 aromatic rings. The molecule has 2 heteroatoms. The van der Waals surface area contributed by atoms with Gasteiger partial charge in [0.15, 0.2) is 0 Å². The van der Waals surface area contributed by atoms with Crippen LogP contribution in [0.1, 0.15) is 0 Å². The first-order valence-corrected chi connectivity index (χ1v) is 19.2. The summed E-state index contributed by atoms with van der Waals surface area (Å²) in [6.07, 6.45) is 0. The lowest BCUT2D eigenvalue weighted by atomic mass is 9.95. The summed E-state index contributed by atoms with van der Waals surface area (Å²) >= 11 is 1.86. The summed E-state index contributed by atoms with van der Waals surface area (Å²) in [7, 11) is 0. The first kappa shape index (κ1) is 32.0. The average Bonchev–Trinajstić information content (AvgIpc) is 3.63. The molecule has 1 aromatic heterocycles. The number of para-hydroxylation sites is 1. The van der Waals surface area contributed by atoms with Crippen LogP contribution in [-0.2, 0) is 0 Å². The SMILES string of the molecule is c1ccc(-c2ccc(-c3ccc(N(c4cccc(-c5ccc6c(c5)sc5ccccc56)c4)c4ccccc4-c4cccc5ccccc45)cc3)cc2)cc1. The average molecular weight is 706 g/mol. The van der Waals surface area contributed by atoms with Crippen molar-refractivity contribution in [1.29, 1.82) is 0 Å². The molecule has 9 aromatic carbocycles. The fourth-order valence-electron chi connectivity index (χ4n) is 7.80. The Balaban J connectivity index is 1.09. The third-order valence-corrected chi connectivity index (χ3v) is 11.6. The Kier molecular flexibility index (Phi) is 8.09. The molecule has 0 atom stereocenters. The molecule has 54 heavy (non-hydrogen) atoms. The van der Waals surface area contributed by atoms with Crippen molar-refractivity contribution in [2.24, 2.45) is 0 Å². The topological polar surface area (TPSA) is 3.24 Å². The van der Waals surface area contributed by atoms with Crippen molar-refractivity contribution < 1.29 is 0 Å². The zero-order valence-electron chi connectivity index (χ0n) is 29.6.